The number of ether oxygens (including phenoxy) is 1. The Morgan fingerprint density at radius 3 is 2.82 bits per heavy atom. The van der Waals surface area contributed by atoms with Crippen LogP contribution in [0.2, 0.25) is 0 Å². The average Bonchev–Trinajstić information content (AvgIpc) is 2.94. The van der Waals surface area contributed by atoms with Gasteiger partial charge in [-0.05, 0) is 31.1 Å². The summed E-state index contributed by atoms with van der Waals surface area (Å²) in [6, 6.07) is -0.0567. The molecule has 2 fully saturated rings. The van der Waals surface area contributed by atoms with Gasteiger partial charge in [-0.1, -0.05) is 13.3 Å². The summed E-state index contributed by atoms with van der Waals surface area (Å²) in [7, 11) is 1.70. The summed E-state index contributed by atoms with van der Waals surface area (Å²) in [6.07, 6.45) is 4.83. The van der Waals surface area contributed by atoms with Crippen molar-refractivity contribution in [2.24, 2.45) is 11.8 Å². The number of nitrogens with one attached hydrogen (secondary N) is 2. The first kappa shape index (κ1) is 12.8. The average molecular weight is 240 g/mol. The van der Waals surface area contributed by atoms with E-state index in [1.807, 2.05) is 0 Å². The normalized spacial score (nSPS) is 37.3. The molecule has 0 aromatic heterocycles. The van der Waals surface area contributed by atoms with Crippen LogP contribution >= 0.6 is 0 Å². The van der Waals surface area contributed by atoms with E-state index < -0.39 is 0 Å². The van der Waals surface area contributed by atoms with Crippen molar-refractivity contribution in [1.29, 1.82) is 0 Å². The smallest absolute Gasteiger partial charge is 0.237 e. The summed E-state index contributed by atoms with van der Waals surface area (Å²) in [6.45, 7) is 3.93. The molecule has 4 nitrogen and oxygen atoms in total. The number of hydrogen-bond donors (Lipinski definition) is 2. The van der Waals surface area contributed by atoms with Gasteiger partial charge in [0.1, 0.15) is 0 Å². The van der Waals surface area contributed by atoms with Gasteiger partial charge in [-0.25, -0.2) is 0 Å². The molecule has 1 aliphatic heterocycles. The molecule has 0 radical (unpaired) electrons. The molecule has 2 N–H and O–H groups in total. The molecule has 4 unspecified atom stereocenters. The second-order valence-electron chi connectivity index (χ2n) is 5.58. The van der Waals surface area contributed by atoms with Crippen molar-refractivity contribution >= 4 is 5.91 Å². The van der Waals surface area contributed by atoms with E-state index in [1.54, 1.807) is 7.11 Å². The zero-order chi connectivity index (χ0) is 12.3. The predicted octanol–water partition coefficient (Wildman–Crippen LogP) is 0.916. The zero-order valence-electron chi connectivity index (χ0n) is 10.9. The predicted molar refractivity (Wildman–Crippen MR) is 66.7 cm³/mol. The quantitative estimate of drug-likeness (QED) is 0.768. The lowest BCUT2D eigenvalue weighted by Crippen LogP contribution is -2.42. The van der Waals surface area contributed by atoms with Crippen LogP contribution in [0, 0.1) is 11.8 Å². The van der Waals surface area contributed by atoms with E-state index >= 15 is 0 Å². The summed E-state index contributed by atoms with van der Waals surface area (Å²) in [5, 5.41) is 6.28. The van der Waals surface area contributed by atoms with E-state index in [0.717, 1.165) is 25.4 Å². The molecule has 0 bridgehead atoms. The van der Waals surface area contributed by atoms with Gasteiger partial charge < -0.3 is 15.4 Å². The highest BCUT2D eigenvalue weighted by atomic mass is 16.5. The molecular formula is C13H24N2O2. The lowest BCUT2D eigenvalue weighted by Gasteiger charge is -2.14. The first-order chi connectivity index (χ1) is 8.19. The van der Waals surface area contributed by atoms with E-state index in [9.17, 15) is 4.79 Å². The summed E-state index contributed by atoms with van der Waals surface area (Å²) in [4.78, 5) is 11.9. The summed E-state index contributed by atoms with van der Waals surface area (Å²) < 4.78 is 5.24. The van der Waals surface area contributed by atoms with Gasteiger partial charge >= 0.3 is 0 Å². The van der Waals surface area contributed by atoms with Crippen LogP contribution in [0.5, 0.6) is 0 Å². The fraction of sp³-hybridized carbons (Fsp3) is 0.923. The van der Waals surface area contributed by atoms with E-state index in [0.29, 0.717) is 5.92 Å². The topological polar surface area (TPSA) is 50.4 Å². The summed E-state index contributed by atoms with van der Waals surface area (Å²) >= 11 is 0. The molecule has 1 amide bonds. The Hall–Kier alpha value is -0.610. The van der Waals surface area contributed by atoms with Gasteiger partial charge in [0.2, 0.25) is 5.91 Å². The molecule has 98 valence electrons. The summed E-state index contributed by atoms with van der Waals surface area (Å²) in [5.41, 5.74) is 0. The van der Waals surface area contributed by atoms with Gasteiger partial charge in [-0.15, -0.1) is 0 Å². The Morgan fingerprint density at radius 1 is 1.41 bits per heavy atom. The molecule has 1 saturated carbocycles. The Balaban J connectivity index is 1.67. The SMILES string of the molecule is COC1CNC(C(=O)NCC2CCC(C)C2)C1. The van der Waals surface area contributed by atoms with Gasteiger partial charge in [0.15, 0.2) is 0 Å². The van der Waals surface area contributed by atoms with Crippen molar-refractivity contribution in [1.82, 2.24) is 10.6 Å². The van der Waals surface area contributed by atoms with E-state index in [-0.39, 0.29) is 18.1 Å². The number of amides is 1. The van der Waals surface area contributed by atoms with E-state index in [1.165, 1.54) is 19.3 Å². The molecular weight excluding hydrogens is 216 g/mol. The van der Waals surface area contributed by atoms with E-state index in [4.69, 9.17) is 4.74 Å². The number of carbonyl (C=O) groups excluding carboxylic acids is 1. The minimum absolute atomic E-state index is 0.0567. The monoisotopic (exact) mass is 240 g/mol. The third-order valence-electron chi connectivity index (χ3n) is 4.11. The minimum atomic E-state index is -0.0567. The lowest BCUT2D eigenvalue weighted by molar-refractivity contribution is -0.123. The van der Waals surface area contributed by atoms with Crippen LogP contribution in [0.4, 0.5) is 0 Å². The van der Waals surface area contributed by atoms with Gasteiger partial charge in [-0.2, -0.15) is 0 Å². The first-order valence-electron chi connectivity index (χ1n) is 6.73. The second-order valence-corrected chi connectivity index (χ2v) is 5.58. The molecule has 1 saturated heterocycles. The molecule has 2 aliphatic rings. The number of methoxy groups -OCH3 is 1. The largest absolute Gasteiger partial charge is 0.380 e. The van der Waals surface area contributed by atoms with Crippen LogP contribution in [-0.2, 0) is 9.53 Å². The van der Waals surface area contributed by atoms with Crippen LogP contribution < -0.4 is 10.6 Å². The molecule has 0 aromatic carbocycles. The lowest BCUT2D eigenvalue weighted by atomic mass is 10.1. The van der Waals surface area contributed by atoms with E-state index in [2.05, 4.69) is 17.6 Å². The van der Waals surface area contributed by atoms with Gasteiger partial charge in [-0.3, -0.25) is 4.79 Å². The van der Waals surface area contributed by atoms with Crippen molar-refractivity contribution in [3.8, 4) is 0 Å². The molecule has 1 aliphatic carbocycles. The Bertz CT molecular complexity index is 270. The zero-order valence-corrected chi connectivity index (χ0v) is 10.9. The molecule has 0 aromatic rings. The molecule has 4 atom stereocenters. The fourth-order valence-electron chi connectivity index (χ4n) is 2.96. The van der Waals surface area contributed by atoms with Gasteiger partial charge in [0, 0.05) is 20.2 Å². The van der Waals surface area contributed by atoms with Crippen molar-refractivity contribution in [3.05, 3.63) is 0 Å². The highest BCUT2D eigenvalue weighted by Crippen LogP contribution is 2.29. The van der Waals surface area contributed by atoms with Crippen molar-refractivity contribution in [2.75, 3.05) is 20.2 Å². The summed E-state index contributed by atoms with van der Waals surface area (Å²) in [5.74, 6) is 1.66. The first-order valence-corrected chi connectivity index (χ1v) is 6.73. The maximum Gasteiger partial charge on any atom is 0.237 e. The Kier molecular flexibility index (Phi) is 4.40. The minimum Gasteiger partial charge on any atom is -0.380 e. The molecule has 2 rings (SSSR count). The Morgan fingerprint density at radius 2 is 2.24 bits per heavy atom. The standard InChI is InChI=1S/C13H24N2O2/c1-9-3-4-10(5-9)7-15-13(16)12-6-11(17-2)8-14-12/h9-12,14H,3-8H2,1-2H3,(H,15,16). The Labute approximate surface area is 103 Å². The molecule has 17 heavy (non-hydrogen) atoms. The maximum atomic E-state index is 11.9. The van der Waals surface area contributed by atoms with Crippen molar-refractivity contribution in [2.45, 2.75) is 44.8 Å². The van der Waals surface area contributed by atoms with Crippen molar-refractivity contribution in [3.63, 3.8) is 0 Å². The number of rotatable bonds is 4. The molecule has 4 heteroatoms. The third-order valence-corrected chi connectivity index (χ3v) is 4.11. The van der Waals surface area contributed by atoms with Gasteiger partial charge in [0.05, 0.1) is 12.1 Å². The van der Waals surface area contributed by atoms with Crippen molar-refractivity contribution < 1.29 is 9.53 Å². The highest BCUT2D eigenvalue weighted by molar-refractivity contribution is 5.82. The van der Waals surface area contributed by atoms with Gasteiger partial charge in [0.25, 0.3) is 0 Å². The second kappa shape index (κ2) is 5.83. The van der Waals surface area contributed by atoms with Crippen LogP contribution in [-0.4, -0.2) is 38.3 Å². The van der Waals surface area contributed by atoms with Crippen LogP contribution in [0.3, 0.4) is 0 Å². The number of carbonyl (C=O) groups is 1. The third kappa shape index (κ3) is 3.42. The van der Waals surface area contributed by atoms with Crippen LogP contribution in [0.1, 0.15) is 32.6 Å². The fourth-order valence-corrected chi connectivity index (χ4v) is 2.96. The highest BCUT2D eigenvalue weighted by Gasteiger charge is 2.30. The molecule has 1 heterocycles. The van der Waals surface area contributed by atoms with Crippen LogP contribution in [0.15, 0.2) is 0 Å². The number of hydrogen-bond acceptors (Lipinski definition) is 3. The maximum absolute atomic E-state index is 11.9. The molecule has 0 spiro atoms. The van der Waals surface area contributed by atoms with Crippen LogP contribution in [0.25, 0.3) is 0 Å².